The van der Waals surface area contributed by atoms with Gasteiger partial charge in [0.05, 0.1) is 23.9 Å². The number of amides is 2. The molecule has 0 spiro atoms. The number of methoxy groups -OCH3 is 1. The van der Waals surface area contributed by atoms with Gasteiger partial charge in [-0.2, -0.15) is 0 Å². The lowest BCUT2D eigenvalue weighted by molar-refractivity contribution is 0.0998. The average molecular weight is 617 g/mol. The minimum atomic E-state index is -0.593. The Bertz CT molecular complexity index is 1930. The van der Waals surface area contributed by atoms with Gasteiger partial charge in [-0.25, -0.2) is 0 Å². The maximum Gasteiger partial charge on any atom is 0.255 e. The molecule has 8 nitrogen and oxygen atoms in total. The summed E-state index contributed by atoms with van der Waals surface area (Å²) in [5.41, 5.74) is 11.0. The topological polar surface area (TPSA) is 127 Å². The highest BCUT2D eigenvalue weighted by molar-refractivity contribution is 7.99. The van der Waals surface area contributed by atoms with Gasteiger partial charge < -0.3 is 26.2 Å². The summed E-state index contributed by atoms with van der Waals surface area (Å²) < 4.78 is 5.36. The number of carbonyl (C=O) groups excluding carboxylic acids is 2. The van der Waals surface area contributed by atoms with Gasteiger partial charge in [-0.15, -0.1) is 0 Å². The number of nitrogens with one attached hydrogen (secondary N) is 2. The molecule has 4 aromatic carbocycles. The van der Waals surface area contributed by atoms with Crippen LogP contribution in [0.2, 0.25) is 0 Å². The summed E-state index contributed by atoms with van der Waals surface area (Å²) in [5, 5.41) is 15.9. The molecular weight excluding hydrogens is 584 g/mol. The predicted molar refractivity (Wildman–Crippen MR) is 179 cm³/mol. The van der Waals surface area contributed by atoms with Crippen LogP contribution in [-0.4, -0.2) is 35.6 Å². The number of rotatable bonds is 10. The van der Waals surface area contributed by atoms with E-state index in [0.29, 0.717) is 35.5 Å². The second-order valence-corrected chi connectivity index (χ2v) is 11.3. The number of aryl methyl sites for hydroxylation is 1. The van der Waals surface area contributed by atoms with Crippen molar-refractivity contribution in [2.45, 2.75) is 29.6 Å². The summed E-state index contributed by atoms with van der Waals surface area (Å²) in [4.78, 5) is 31.8. The minimum Gasteiger partial charge on any atom is -0.497 e. The fourth-order valence-electron chi connectivity index (χ4n) is 4.68. The summed E-state index contributed by atoms with van der Waals surface area (Å²) >= 11 is 1.50. The van der Waals surface area contributed by atoms with Crippen molar-refractivity contribution in [3.63, 3.8) is 0 Å². The molecule has 0 fully saturated rings. The molecule has 0 aliphatic rings. The zero-order chi connectivity index (χ0) is 31.8. The highest BCUT2D eigenvalue weighted by Crippen LogP contribution is 2.37. The lowest BCUT2D eigenvalue weighted by atomic mass is 10.1. The predicted octanol–water partition coefficient (Wildman–Crippen LogP) is 6.92. The molecule has 226 valence electrons. The molecule has 0 radical (unpaired) electrons. The first-order valence-corrected chi connectivity index (χ1v) is 15.1. The second-order valence-electron chi connectivity index (χ2n) is 10.2. The molecule has 0 aliphatic heterocycles. The number of ether oxygens (including phenoxy) is 1. The molecule has 0 saturated heterocycles. The zero-order valence-corrected chi connectivity index (χ0v) is 25.7. The summed E-state index contributed by atoms with van der Waals surface area (Å²) in [6, 6.07) is 26.1. The first-order chi connectivity index (χ1) is 21.8. The molecule has 45 heavy (non-hydrogen) atoms. The van der Waals surface area contributed by atoms with Crippen LogP contribution in [0.15, 0.2) is 101 Å². The van der Waals surface area contributed by atoms with Crippen LogP contribution in [0.1, 0.15) is 44.7 Å². The number of anilines is 3. The highest BCUT2D eigenvalue weighted by Gasteiger charge is 2.17. The van der Waals surface area contributed by atoms with Crippen molar-refractivity contribution < 1.29 is 19.4 Å². The molecule has 5 aromatic rings. The largest absolute Gasteiger partial charge is 0.497 e. The summed E-state index contributed by atoms with van der Waals surface area (Å²) in [5.74, 6) is 5.93. The van der Waals surface area contributed by atoms with Gasteiger partial charge in [-0.1, -0.05) is 35.7 Å². The number of nitrogens with zero attached hydrogens (tertiary/aromatic N) is 1. The lowest BCUT2D eigenvalue weighted by Gasteiger charge is -2.16. The Labute approximate surface area is 266 Å². The summed E-state index contributed by atoms with van der Waals surface area (Å²) in [6.45, 7) is 2.09. The van der Waals surface area contributed by atoms with E-state index in [2.05, 4.69) is 27.5 Å². The Morgan fingerprint density at radius 2 is 1.78 bits per heavy atom. The molecule has 5 rings (SSSR count). The Morgan fingerprint density at radius 1 is 0.978 bits per heavy atom. The van der Waals surface area contributed by atoms with E-state index < -0.39 is 5.91 Å². The molecule has 1 aromatic heterocycles. The van der Waals surface area contributed by atoms with E-state index in [1.165, 1.54) is 18.0 Å². The number of benzene rings is 4. The SMILES string of the molecule is COc1cccc(Nc2c(C(N)=O)cnc3c(C)cc(Sc4cccc(C(=O)Nc5ccc(C#CCCCO)cc5)c4)cc23)c1. The Balaban J connectivity index is 1.39. The van der Waals surface area contributed by atoms with Gasteiger partial charge in [0.2, 0.25) is 0 Å². The molecule has 9 heteroatoms. The fourth-order valence-corrected chi connectivity index (χ4v) is 5.70. The third-order valence-corrected chi connectivity index (χ3v) is 7.87. The summed E-state index contributed by atoms with van der Waals surface area (Å²) in [6.07, 6.45) is 2.78. The number of pyridine rings is 1. The number of carbonyl (C=O) groups is 2. The van der Waals surface area contributed by atoms with E-state index >= 15 is 0 Å². The molecule has 0 aliphatic carbocycles. The number of fused-ring (bicyclic) bond motifs is 1. The van der Waals surface area contributed by atoms with Crippen molar-refractivity contribution in [2.75, 3.05) is 24.4 Å². The number of aliphatic hydroxyl groups excluding tert-OH is 1. The van der Waals surface area contributed by atoms with Crippen molar-refractivity contribution in [2.24, 2.45) is 5.73 Å². The van der Waals surface area contributed by atoms with Crippen LogP contribution < -0.4 is 21.1 Å². The molecular formula is C36H32N4O4S. The normalized spacial score (nSPS) is 10.6. The van der Waals surface area contributed by atoms with Gasteiger partial charge in [0.25, 0.3) is 11.8 Å². The zero-order valence-electron chi connectivity index (χ0n) is 24.9. The highest BCUT2D eigenvalue weighted by atomic mass is 32.2. The van der Waals surface area contributed by atoms with Crippen molar-refractivity contribution in [3.05, 3.63) is 113 Å². The van der Waals surface area contributed by atoms with E-state index in [9.17, 15) is 9.59 Å². The number of nitrogens with two attached hydrogens (primary N) is 1. The van der Waals surface area contributed by atoms with Gasteiger partial charge >= 0.3 is 0 Å². The monoisotopic (exact) mass is 616 g/mol. The maximum atomic E-state index is 13.1. The fraction of sp³-hybridized carbons (Fsp3) is 0.139. The van der Waals surface area contributed by atoms with Crippen LogP contribution in [0.3, 0.4) is 0 Å². The number of hydrogen-bond donors (Lipinski definition) is 4. The quantitative estimate of drug-likeness (QED) is 0.0991. The number of aromatic nitrogens is 1. The van der Waals surface area contributed by atoms with Gasteiger partial charge in [-0.3, -0.25) is 14.6 Å². The van der Waals surface area contributed by atoms with Crippen LogP contribution >= 0.6 is 11.8 Å². The first kappa shape index (κ1) is 31.1. The van der Waals surface area contributed by atoms with Crippen LogP contribution in [0.25, 0.3) is 10.9 Å². The van der Waals surface area contributed by atoms with Crippen LogP contribution in [0.5, 0.6) is 5.75 Å². The lowest BCUT2D eigenvalue weighted by Crippen LogP contribution is -2.14. The Morgan fingerprint density at radius 3 is 2.53 bits per heavy atom. The smallest absolute Gasteiger partial charge is 0.255 e. The third-order valence-electron chi connectivity index (χ3n) is 6.91. The van der Waals surface area contributed by atoms with Crippen LogP contribution in [0.4, 0.5) is 17.1 Å². The van der Waals surface area contributed by atoms with Crippen molar-refractivity contribution in [3.8, 4) is 17.6 Å². The van der Waals surface area contributed by atoms with Gasteiger partial charge in [0.15, 0.2) is 0 Å². The van der Waals surface area contributed by atoms with Crippen molar-refractivity contribution in [1.29, 1.82) is 0 Å². The van der Waals surface area contributed by atoms with Crippen LogP contribution in [-0.2, 0) is 0 Å². The maximum absolute atomic E-state index is 13.1. The molecule has 1 heterocycles. The molecule has 5 N–H and O–H groups in total. The number of aliphatic hydroxyl groups is 1. The second kappa shape index (κ2) is 14.4. The van der Waals surface area contributed by atoms with E-state index in [1.807, 2.05) is 85.8 Å². The number of unbranched alkanes of at least 4 members (excludes halogenated alkanes) is 1. The number of hydrogen-bond acceptors (Lipinski definition) is 7. The number of primary amides is 1. The average Bonchev–Trinajstić information content (AvgIpc) is 3.04. The standard InChI is InChI=1S/C36H32N4O4S/c1-23-18-30(21-31-33(23)38-22-32(35(37)42)34(31)39-27-10-7-11-28(20-27)44-2)45-29-12-6-9-25(19-29)36(43)40-26-15-13-24(14-16-26)8-4-3-5-17-41/h6-7,9-16,18-22,41H,3,5,17H2,1-2H3,(H2,37,42)(H,38,39)(H,40,43). The van der Waals surface area contributed by atoms with Gasteiger partial charge in [-0.05, 0) is 85.6 Å². The van der Waals surface area contributed by atoms with Gasteiger partial charge in [0, 0.05) is 63.0 Å². The summed E-state index contributed by atoms with van der Waals surface area (Å²) in [7, 11) is 1.60. The third kappa shape index (κ3) is 7.81. The van der Waals surface area contributed by atoms with Crippen LogP contribution in [0, 0.1) is 18.8 Å². The minimum absolute atomic E-state index is 0.125. The van der Waals surface area contributed by atoms with Crippen molar-refractivity contribution >= 4 is 51.5 Å². The molecule has 0 atom stereocenters. The molecule has 2 amide bonds. The first-order valence-electron chi connectivity index (χ1n) is 14.3. The van der Waals surface area contributed by atoms with Crippen molar-refractivity contribution in [1.82, 2.24) is 4.98 Å². The Kier molecular flexibility index (Phi) is 10.00. The molecule has 0 bridgehead atoms. The van der Waals surface area contributed by atoms with E-state index in [1.54, 1.807) is 13.2 Å². The van der Waals surface area contributed by atoms with E-state index in [4.69, 9.17) is 15.6 Å². The van der Waals surface area contributed by atoms with Gasteiger partial charge in [0.1, 0.15) is 5.75 Å². The molecule has 0 saturated carbocycles. The van der Waals surface area contributed by atoms with E-state index in [-0.39, 0.29) is 18.1 Å². The van der Waals surface area contributed by atoms with E-state index in [0.717, 1.165) is 37.5 Å². The Hall–Kier alpha value is -5.30. The molecule has 0 unspecified atom stereocenters.